The summed E-state index contributed by atoms with van der Waals surface area (Å²) in [5.41, 5.74) is 0. The second-order valence-corrected chi connectivity index (χ2v) is 20.3. The van der Waals surface area contributed by atoms with Crippen molar-refractivity contribution in [1.29, 1.82) is 0 Å². The number of carbonyl (C=O) groups is 1. The highest BCUT2D eigenvalue weighted by Gasteiger charge is 2.20. The van der Waals surface area contributed by atoms with E-state index in [0.717, 1.165) is 32.1 Å². The normalized spacial score (nSPS) is 13.5. The van der Waals surface area contributed by atoms with E-state index in [1.807, 2.05) is 21.1 Å². The van der Waals surface area contributed by atoms with Gasteiger partial charge in [-0.2, -0.15) is 0 Å². The number of ether oxygens (including phenoxy) is 2. The number of esters is 1. The van der Waals surface area contributed by atoms with E-state index in [-0.39, 0.29) is 25.8 Å². The van der Waals surface area contributed by atoms with Gasteiger partial charge in [-0.1, -0.05) is 239 Å². The Balaban J connectivity index is 4.03. The maximum absolute atomic E-state index is 12.7. The largest absolute Gasteiger partial charge is 0.756 e. The first kappa shape index (κ1) is 58.5. The Morgan fingerprint density at radius 2 is 0.780 bits per heavy atom. The fraction of sp³-hybridized carbons (Fsp3) is 0.980. The molecule has 0 aromatic carbocycles. The molecule has 59 heavy (non-hydrogen) atoms. The van der Waals surface area contributed by atoms with E-state index >= 15 is 0 Å². The summed E-state index contributed by atoms with van der Waals surface area (Å²) in [6, 6.07) is 0. The highest BCUT2D eigenvalue weighted by Crippen LogP contribution is 2.38. The van der Waals surface area contributed by atoms with E-state index in [4.69, 9.17) is 18.5 Å². The van der Waals surface area contributed by atoms with Crippen molar-refractivity contribution in [3.05, 3.63) is 0 Å². The third kappa shape index (κ3) is 48.4. The molecule has 0 heterocycles. The molecule has 0 aliphatic rings. The molecule has 0 rings (SSSR count). The Morgan fingerprint density at radius 3 is 1.12 bits per heavy atom. The number of nitrogens with zero attached hydrogens (tertiary/aromatic N) is 1. The summed E-state index contributed by atoms with van der Waals surface area (Å²) < 4.78 is 34.7. The van der Waals surface area contributed by atoms with Crippen LogP contribution >= 0.6 is 7.82 Å². The number of quaternary nitrogens is 1. The number of phosphoric ester groups is 1. The third-order valence-corrected chi connectivity index (χ3v) is 12.6. The van der Waals surface area contributed by atoms with Gasteiger partial charge >= 0.3 is 5.97 Å². The summed E-state index contributed by atoms with van der Waals surface area (Å²) in [6.45, 7) is 5.49. The summed E-state index contributed by atoms with van der Waals surface area (Å²) in [4.78, 5) is 25.1. The number of hydrogen-bond donors (Lipinski definition) is 0. The molecule has 0 amide bonds. The molecule has 2 unspecified atom stereocenters. The zero-order valence-corrected chi connectivity index (χ0v) is 41.1. The predicted octanol–water partition coefficient (Wildman–Crippen LogP) is 15.0. The van der Waals surface area contributed by atoms with E-state index in [2.05, 4.69) is 13.8 Å². The number of likely N-dealkylation sites (N-methyl/N-ethyl adjacent to an activating group) is 1. The van der Waals surface area contributed by atoms with Crippen molar-refractivity contribution in [2.45, 2.75) is 264 Å². The quantitative estimate of drug-likeness (QED) is 0.0260. The van der Waals surface area contributed by atoms with Crippen LogP contribution in [0.1, 0.15) is 258 Å². The molecule has 0 radical (unpaired) electrons. The number of hydrogen-bond acceptors (Lipinski definition) is 7. The standard InChI is InChI=1S/C50H102NO7P/c1-6-8-10-12-14-16-18-20-22-23-24-25-26-27-28-29-30-32-34-36-38-40-42-45-55-47-49(48-57-59(53,54)56-46-44-51(3,4)5)58-50(52)43-41-39-37-35-33-31-21-19-17-15-13-11-9-7-2/h49H,6-48H2,1-5H3. The van der Waals surface area contributed by atoms with E-state index in [9.17, 15) is 14.3 Å². The lowest BCUT2D eigenvalue weighted by molar-refractivity contribution is -0.870. The summed E-state index contributed by atoms with van der Waals surface area (Å²) in [6.07, 6.45) is 48.4. The Hall–Kier alpha value is -0.500. The van der Waals surface area contributed by atoms with Crippen molar-refractivity contribution in [3.8, 4) is 0 Å². The molecule has 0 aromatic rings. The number of unbranched alkanes of at least 4 members (excludes halogenated alkanes) is 35. The van der Waals surface area contributed by atoms with Crippen LogP contribution in [0.3, 0.4) is 0 Å². The van der Waals surface area contributed by atoms with Crippen molar-refractivity contribution in [2.24, 2.45) is 0 Å². The van der Waals surface area contributed by atoms with Gasteiger partial charge in [-0.25, -0.2) is 0 Å². The summed E-state index contributed by atoms with van der Waals surface area (Å²) in [7, 11) is 1.38. The Kier molecular flexibility index (Phi) is 43.7. The average molecular weight is 860 g/mol. The lowest BCUT2D eigenvalue weighted by Gasteiger charge is -2.28. The van der Waals surface area contributed by atoms with E-state index in [1.165, 1.54) is 205 Å². The van der Waals surface area contributed by atoms with Gasteiger partial charge < -0.3 is 27.9 Å². The number of carbonyl (C=O) groups excluding carboxylic acids is 1. The molecule has 0 aliphatic heterocycles. The highest BCUT2D eigenvalue weighted by molar-refractivity contribution is 7.45. The van der Waals surface area contributed by atoms with Crippen LogP contribution in [-0.2, 0) is 27.9 Å². The maximum Gasteiger partial charge on any atom is 0.306 e. The molecule has 0 aliphatic carbocycles. The first-order valence-corrected chi connectivity index (χ1v) is 27.2. The van der Waals surface area contributed by atoms with Crippen LogP contribution in [0.5, 0.6) is 0 Å². The molecular formula is C50H102NO7P. The van der Waals surface area contributed by atoms with Crippen molar-refractivity contribution in [1.82, 2.24) is 0 Å². The molecule has 0 saturated heterocycles. The van der Waals surface area contributed by atoms with Gasteiger partial charge in [0, 0.05) is 13.0 Å². The lowest BCUT2D eigenvalue weighted by atomic mass is 10.0. The van der Waals surface area contributed by atoms with Gasteiger partial charge in [-0.15, -0.1) is 0 Å². The molecule has 0 spiro atoms. The van der Waals surface area contributed by atoms with Gasteiger partial charge in [0.05, 0.1) is 34.4 Å². The van der Waals surface area contributed by atoms with Crippen LogP contribution in [0, 0.1) is 0 Å². The minimum Gasteiger partial charge on any atom is -0.756 e. The zero-order valence-electron chi connectivity index (χ0n) is 40.2. The predicted molar refractivity (Wildman–Crippen MR) is 250 cm³/mol. The third-order valence-electron chi connectivity index (χ3n) is 11.7. The number of phosphoric acid groups is 1. The molecule has 8 nitrogen and oxygen atoms in total. The van der Waals surface area contributed by atoms with Gasteiger partial charge in [0.25, 0.3) is 7.82 Å². The summed E-state index contributed by atoms with van der Waals surface area (Å²) in [5, 5.41) is 0. The molecule has 0 saturated carbocycles. The van der Waals surface area contributed by atoms with Crippen LogP contribution in [0.4, 0.5) is 0 Å². The highest BCUT2D eigenvalue weighted by atomic mass is 31.2. The summed E-state index contributed by atoms with van der Waals surface area (Å²) >= 11 is 0. The van der Waals surface area contributed by atoms with Crippen molar-refractivity contribution < 1.29 is 37.3 Å². The van der Waals surface area contributed by atoms with Crippen LogP contribution in [0.25, 0.3) is 0 Å². The molecule has 354 valence electrons. The van der Waals surface area contributed by atoms with Gasteiger partial charge in [0.15, 0.2) is 0 Å². The fourth-order valence-corrected chi connectivity index (χ4v) is 8.40. The molecule has 9 heteroatoms. The Bertz CT molecular complexity index is 914. The van der Waals surface area contributed by atoms with E-state index in [0.29, 0.717) is 24.1 Å². The first-order chi connectivity index (χ1) is 28.6. The van der Waals surface area contributed by atoms with Gasteiger partial charge in [0.1, 0.15) is 19.3 Å². The minimum absolute atomic E-state index is 0.0316. The lowest BCUT2D eigenvalue weighted by Crippen LogP contribution is -2.37. The van der Waals surface area contributed by atoms with Crippen LogP contribution in [-0.4, -0.2) is 70.7 Å². The SMILES string of the molecule is CCCCCCCCCCCCCCCCCCCCCCCCCOCC(COP(=O)([O-])OCC[N+](C)(C)C)OC(=O)CCCCCCCCCCCCCCCC. The molecular weight excluding hydrogens is 758 g/mol. The smallest absolute Gasteiger partial charge is 0.306 e. The monoisotopic (exact) mass is 860 g/mol. The molecule has 2 atom stereocenters. The van der Waals surface area contributed by atoms with Crippen molar-refractivity contribution in [3.63, 3.8) is 0 Å². The second kappa shape index (κ2) is 44.1. The topological polar surface area (TPSA) is 94.1 Å². The van der Waals surface area contributed by atoms with E-state index in [1.54, 1.807) is 0 Å². The zero-order chi connectivity index (χ0) is 43.4. The number of rotatable bonds is 49. The van der Waals surface area contributed by atoms with Crippen LogP contribution in [0.15, 0.2) is 0 Å². The summed E-state index contributed by atoms with van der Waals surface area (Å²) in [5.74, 6) is -0.326. The van der Waals surface area contributed by atoms with E-state index < -0.39 is 13.9 Å². The average Bonchev–Trinajstić information content (AvgIpc) is 3.19. The second-order valence-electron chi connectivity index (χ2n) is 18.9. The van der Waals surface area contributed by atoms with Gasteiger partial charge in [0.2, 0.25) is 0 Å². The molecule has 0 bridgehead atoms. The first-order valence-electron chi connectivity index (χ1n) is 25.8. The maximum atomic E-state index is 12.7. The minimum atomic E-state index is -4.52. The van der Waals surface area contributed by atoms with Crippen LogP contribution < -0.4 is 4.89 Å². The molecule has 0 fully saturated rings. The van der Waals surface area contributed by atoms with Crippen molar-refractivity contribution in [2.75, 3.05) is 54.1 Å². The molecule has 0 aromatic heterocycles. The molecule has 0 N–H and O–H groups in total. The van der Waals surface area contributed by atoms with Crippen LogP contribution in [0.2, 0.25) is 0 Å². The van der Waals surface area contributed by atoms with Gasteiger partial charge in [-0.05, 0) is 12.8 Å². The fourth-order valence-electron chi connectivity index (χ4n) is 7.67. The Morgan fingerprint density at radius 1 is 0.458 bits per heavy atom. The van der Waals surface area contributed by atoms with Crippen molar-refractivity contribution >= 4 is 13.8 Å². The Labute approximate surface area is 368 Å². The van der Waals surface area contributed by atoms with Gasteiger partial charge in [-0.3, -0.25) is 9.36 Å².